The van der Waals surface area contributed by atoms with E-state index in [0.29, 0.717) is 17.1 Å². The normalized spacial score (nSPS) is 14.7. The molecule has 0 amide bonds. The summed E-state index contributed by atoms with van der Waals surface area (Å²) in [5.74, 6) is 1.08. The van der Waals surface area contributed by atoms with Crippen LogP contribution in [-0.2, 0) is 6.54 Å². The average molecular weight is 313 g/mol. The number of nitrogens with one attached hydrogen (secondary N) is 1. The lowest BCUT2D eigenvalue weighted by Crippen LogP contribution is -2.36. The number of hydrogen-bond donors (Lipinski definition) is 1. The summed E-state index contributed by atoms with van der Waals surface area (Å²) in [4.78, 5) is 38.0. The van der Waals surface area contributed by atoms with E-state index >= 15 is 0 Å². The van der Waals surface area contributed by atoms with Gasteiger partial charge >= 0.3 is 5.69 Å². The lowest BCUT2D eigenvalue weighted by atomic mass is 10.4. The van der Waals surface area contributed by atoms with Crippen molar-refractivity contribution in [3.05, 3.63) is 51.2 Å². The van der Waals surface area contributed by atoms with Gasteiger partial charge in [0.2, 0.25) is 5.95 Å². The summed E-state index contributed by atoms with van der Waals surface area (Å²) in [6, 6.07) is 3.42. The minimum Gasteiger partial charge on any atom is -0.467 e. The molecule has 3 aromatic rings. The van der Waals surface area contributed by atoms with Crippen LogP contribution in [0.25, 0.3) is 11.0 Å². The van der Waals surface area contributed by atoms with Crippen LogP contribution >= 0.6 is 0 Å². The second-order valence-corrected chi connectivity index (χ2v) is 5.53. The maximum Gasteiger partial charge on any atom is 0.330 e. The molecule has 8 nitrogen and oxygen atoms in total. The number of nitrogens with zero attached hydrogens (tertiary/aromatic N) is 4. The molecule has 0 saturated carbocycles. The molecule has 4 rings (SSSR count). The van der Waals surface area contributed by atoms with E-state index in [1.807, 2.05) is 4.90 Å². The Morgan fingerprint density at radius 1 is 1.26 bits per heavy atom. The van der Waals surface area contributed by atoms with Crippen molar-refractivity contribution >= 4 is 17.0 Å². The number of fused-ring (bicyclic) bond motifs is 1. The molecule has 0 bridgehead atoms. The van der Waals surface area contributed by atoms with E-state index in [9.17, 15) is 9.59 Å². The molecule has 0 spiro atoms. The summed E-state index contributed by atoms with van der Waals surface area (Å²) in [6.45, 7) is 1.86. The van der Waals surface area contributed by atoms with Crippen LogP contribution in [0.3, 0.4) is 0 Å². The maximum absolute atomic E-state index is 12.5. The molecule has 23 heavy (non-hydrogen) atoms. The quantitative estimate of drug-likeness (QED) is 0.765. The Balaban J connectivity index is 1.80. The van der Waals surface area contributed by atoms with E-state index < -0.39 is 11.2 Å². The smallest absolute Gasteiger partial charge is 0.330 e. The molecule has 118 valence electrons. The van der Waals surface area contributed by atoms with Crippen molar-refractivity contribution in [1.29, 1.82) is 0 Å². The fraction of sp³-hybridized carbons (Fsp3) is 0.333. The number of H-pyrrole nitrogens is 1. The molecule has 1 saturated heterocycles. The second-order valence-electron chi connectivity index (χ2n) is 5.53. The summed E-state index contributed by atoms with van der Waals surface area (Å²) in [7, 11) is 0. The number of aromatic nitrogens is 4. The summed E-state index contributed by atoms with van der Waals surface area (Å²) < 4.78 is 6.28. The zero-order valence-electron chi connectivity index (χ0n) is 12.4. The Labute approximate surface area is 130 Å². The van der Waals surface area contributed by atoms with Crippen LogP contribution < -0.4 is 16.1 Å². The van der Waals surface area contributed by atoms with Crippen molar-refractivity contribution in [3.8, 4) is 0 Å². The van der Waals surface area contributed by atoms with Gasteiger partial charge in [0.25, 0.3) is 5.56 Å². The lowest BCUT2D eigenvalue weighted by molar-refractivity contribution is 0.484. The van der Waals surface area contributed by atoms with Gasteiger partial charge in [0.05, 0.1) is 12.8 Å². The summed E-state index contributed by atoms with van der Waals surface area (Å²) in [5, 5.41) is 0.291. The van der Waals surface area contributed by atoms with Crippen LogP contribution in [0.2, 0.25) is 0 Å². The van der Waals surface area contributed by atoms with Crippen LogP contribution in [0.1, 0.15) is 18.6 Å². The van der Waals surface area contributed by atoms with Crippen molar-refractivity contribution in [2.45, 2.75) is 19.4 Å². The van der Waals surface area contributed by atoms with E-state index in [2.05, 4.69) is 15.0 Å². The largest absolute Gasteiger partial charge is 0.467 e. The average Bonchev–Trinajstić information content (AvgIpc) is 3.24. The molecular formula is C15H15N5O3. The zero-order valence-corrected chi connectivity index (χ0v) is 12.4. The maximum atomic E-state index is 12.5. The van der Waals surface area contributed by atoms with E-state index in [4.69, 9.17) is 4.42 Å². The Morgan fingerprint density at radius 2 is 2.09 bits per heavy atom. The molecule has 0 atom stereocenters. The highest BCUT2D eigenvalue weighted by Gasteiger charge is 2.17. The molecule has 0 aromatic carbocycles. The topological polar surface area (TPSA) is 97.0 Å². The van der Waals surface area contributed by atoms with Crippen molar-refractivity contribution < 1.29 is 4.42 Å². The molecular weight excluding hydrogens is 298 g/mol. The number of anilines is 1. The number of aromatic amines is 1. The summed E-state index contributed by atoms with van der Waals surface area (Å²) >= 11 is 0. The Morgan fingerprint density at radius 3 is 2.83 bits per heavy atom. The predicted molar refractivity (Wildman–Crippen MR) is 83.7 cm³/mol. The third kappa shape index (κ3) is 2.41. The second kappa shape index (κ2) is 5.38. The number of furan rings is 1. The van der Waals surface area contributed by atoms with E-state index in [1.54, 1.807) is 12.1 Å². The van der Waals surface area contributed by atoms with Gasteiger partial charge in [-0.1, -0.05) is 0 Å². The van der Waals surface area contributed by atoms with E-state index in [0.717, 1.165) is 30.5 Å². The molecule has 1 fully saturated rings. The molecule has 1 aliphatic rings. The summed E-state index contributed by atoms with van der Waals surface area (Å²) in [6.07, 6.45) is 5.18. The van der Waals surface area contributed by atoms with Crippen molar-refractivity contribution in [1.82, 2.24) is 19.5 Å². The van der Waals surface area contributed by atoms with Crippen LogP contribution in [0.4, 0.5) is 5.95 Å². The fourth-order valence-electron chi connectivity index (χ4n) is 2.80. The van der Waals surface area contributed by atoms with E-state index in [1.165, 1.54) is 12.5 Å². The van der Waals surface area contributed by atoms with Gasteiger partial charge in [-0.15, -0.1) is 0 Å². The highest BCUT2D eigenvalue weighted by atomic mass is 16.3. The first-order valence-electron chi connectivity index (χ1n) is 7.49. The minimum absolute atomic E-state index is 0.0744. The Hall–Kier alpha value is -2.90. The first-order valence-corrected chi connectivity index (χ1v) is 7.49. The van der Waals surface area contributed by atoms with Gasteiger partial charge in [-0.2, -0.15) is 4.98 Å². The predicted octanol–water partition coefficient (Wildman–Crippen LogP) is 0.721. The Kier molecular flexibility index (Phi) is 3.22. The Bertz CT molecular complexity index is 951. The fourth-order valence-corrected chi connectivity index (χ4v) is 2.80. The molecule has 1 aliphatic heterocycles. The van der Waals surface area contributed by atoms with Gasteiger partial charge in [0.15, 0.2) is 5.65 Å². The van der Waals surface area contributed by atoms with Crippen LogP contribution in [0, 0.1) is 0 Å². The van der Waals surface area contributed by atoms with Crippen molar-refractivity contribution in [3.63, 3.8) is 0 Å². The number of rotatable bonds is 3. The minimum atomic E-state index is -0.509. The number of hydrogen-bond acceptors (Lipinski definition) is 6. The van der Waals surface area contributed by atoms with Crippen LogP contribution in [0.5, 0.6) is 0 Å². The van der Waals surface area contributed by atoms with Gasteiger partial charge in [-0.3, -0.25) is 14.3 Å². The first-order chi connectivity index (χ1) is 11.2. The van der Waals surface area contributed by atoms with Gasteiger partial charge in [0, 0.05) is 19.3 Å². The molecule has 0 aliphatic carbocycles. The standard InChI is InChI=1S/C15H15N5O3/c21-13-11-8-16-14(19-5-1-2-6-19)17-12(11)18-15(22)20(13)9-10-4-3-7-23-10/h3-4,7-8H,1-2,5-6,9H2,(H,16,17,18,22). The molecule has 1 N–H and O–H groups in total. The molecule has 4 heterocycles. The monoisotopic (exact) mass is 313 g/mol. The van der Waals surface area contributed by atoms with Crippen LogP contribution in [-0.4, -0.2) is 32.6 Å². The lowest BCUT2D eigenvalue weighted by Gasteiger charge is -2.14. The van der Waals surface area contributed by atoms with Crippen molar-refractivity contribution in [2.24, 2.45) is 0 Å². The van der Waals surface area contributed by atoms with Gasteiger partial charge in [0.1, 0.15) is 11.1 Å². The molecule has 0 radical (unpaired) electrons. The van der Waals surface area contributed by atoms with Gasteiger partial charge in [-0.25, -0.2) is 9.78 Å². The van der Waals surface area contributed by atoms with Crippen molar-refractivity contribution in [2.75, 3.05) is 18.0 Å². The van der Waals surface area contributed by atoms with Crippen LogP contribution in [0.15, 0.2) is 38.6 Å². The highest BCUT2D eigenvalue weighted by Crippen LogP contribution is 2.16. The molecule has 8 heteroatoms. The third-order valence-electron chi connectivity index (χ3n) is 4.01. The summed E-state index contributed by atoms with van der Waals surface area (Å²) in [5.41, 5.74) is -0.661. The molecule has 0 unspecified atom stereocenters. The first kappa shape index (κ1) is 13.7. The molecule has 3 aromatic heterocycles. The zero-order chi connectivity index (χ0) is 15.8. The van der Waals surface area contributed by atoms with Gasteiger partial charge < -0.3 is 9.32 Å². The van der Waals surface area contributed by atoms with Gasteiger partial charge in [-0.05, 0) is 25.0 Å². The SMILES string of the molecule is O=c1[nH]c2nc(N3CCCC3)ncc2c(=O)n1Cc1ccco1. The third-order valence-corrected chi connectivity index (χ3v) is 4.01. The highest BCUT2D eigenvalue weighted by molar-refractivity contribution is 5.73. The van der Waals surface area contributed by atoms with E-state index in [-0.39, 0.29) is 12.2 Å².